The average Bonchev–Trinajstić information content (AvgIpc) is 2.31. The van der Waals surface area contributed by atoms with Gasteiger partial charge in [-0.2, -0.15) is 17.0 Å². The van der Waals surface area contributed by atoms with Gasteiger partial charge in [0.25, 0.3) is 0 Å². The van der Waals surface area contributed by atoms with Crippen molar-refractivity contribution in [3.63, 3.8) is 0 Å². The van der Waals surface area contributed by atoms with Crippen molar-refractivity contribution in [1.29, 1.82) is 5.26 Å². The van der Waals surface area contributed by atoms with Gasteiger partial charge in [0.2, 0.25) is 0 Å². The Morgan fingerprint density at radius 2 is 2.18 bits per heavy atom. The Kier molecular flexibility index (Phi) is 4.84. The highest BCUT2D eigenvalue weighted by atomic mass is 79.9. The summed E-state index contributed by atoms with van der Waals surface area (Å²) in [7, 11) is 0. The number of hydrogen-bond acceptors (Lipinski definition) is 3. The van der Waals surface area contributed by atoms with Crippen molar-refractivity contribution >= 4 is 33.4 Å². The van der Waals surface area contributed by atoms with E-state index in [1.165, 1.54) is 0 Å². The van der Waals surface area contributed by atoms with Crippen LogP contribution in [0.2, 0.25) is 0 Å². The normalized spacial score (nSPS) is 11.1. The molecule has 17 heavy (non-hydrogen) atoms. The van der Waals surface area contributed by atoms with Gasteiger partial charge in [0.05, 0.1) is 15.7 Å². The Morgan fingerprint density at radius 1 is 1.53 bits per heavy atom. The van der Waals surface area contributed by atoms with Gasteiger partial charge in [-0.25, -0.2) is 4.39 Å². The third kappa shape index (κ3) is 3.62. The van der Waals surface area contributed by atoms with Crippen LogP contribution in [0.4, 0.5) is 10.1 Å². The van der Waals surface area contributed by atoms with E-state index in [-0.39, 0.29) is 9.22 Å². The van der Waals surface area contributed by atoms with Crippen LogP contribution in [-0.2, 0) is 0 Å². The van der Waals surface area contributed by atoms with Crippen molar-refractivity contribution in [2.45, 2.75) is 18.6 Å². The lowest BCUT2D eigenvalue weighted by molar-refractivity contribution is 0.620. The van der Waals surface area contributed by atoms with Gasteiger partial charge in [-0.1, -0.05) is 0 Å². The number of nitrogens with zero attached hydrogens (tertiary/aromatic N) is 1. The number of nitriles is 1. The van der Waals surface area contributed by atoms with Crippen LogP contribution >= 0.6 is 27.7 Å². The van der Waals surface area contributed by atoms with E-state index in [0.29, 0.717) is 17.8 Å². The van der Waals surface area contributed by atoms with Crippen LogP contribution in [-0.4, -0.2) is 17.5 Å². The van der Waals surface area contributed by atoms with Gasteiger partial charge in [-0.15, -0.1) is 0 Å². The molecule has 0 bridgehead atoms. The van der Waals surface area contributed by atoms with Gasteiger partial charge in [0, 0.05) is 11.3 Å². The summed E-state index contributed by atoms with van der Waals surface area (Å²) in [5.41, 5.74) is 0.718. The number of halogens is 2. The highest BCUT2D eigenvalue weighted by Gasteiger charge is 2.17. The lowest BCUT2D eigenvalue weighted by atomic mass is 10.2. The predicted octanol–water partition coefficient (Wildman–Crippen LogP) is 4.01. The molecule has 0 saturated carbocycles. The summed E-state index contributed by atoms with van der Waals surface area (Å²) in [5, 5.41) is 11.8. The lowest BCUT2D eigenvalue weighted by Gasteiger charge is -2.23. The second kappa shape index (κ2) is 5.74. The van der Waals surface area contributed by atoms with Crippen LogP contribution < -0.4 is 5.32 Å². The zero-order valence-electron chi connectivity index (χ0n) is 9.97. The third-order valence-electron chi connectivity index (χ3n) is 2.46. The quantitative estimate of drug-likeness (QED) is 0.911. The topological polar surface area (TPSA) is 35.8 Å². The summed E-state index contributed by atoms with van der Waals surface area (Å²) in [6.07, 6.45) is 2.02. The highest BCUT2D eigenvalue weighted by Crippen LogP contribution is 2.28. The van der Waals surface area contributed by atoms with Crippen molar-refractivity contribution in [3.05, 3.63) is 28.0 Å². The molecule has 0 amide bonds. The van der Waals surface area contributed by atoms with Crippen molar-refractivity contribution in [2.75, 3.05) is 18.1 Å². The molecule has 92 valence electrons. The molecule has 0 radical (unpaired) electrons. The SMILES string of the molecule is CSC(C)(C)CNc1ccc(C#N)c(Br)c1F. The zero-order chi connectivity index (χ0) is 13.1. The molecule has 1 aromatic rings. The van der Waals surface area contributed by atoms with Crippen LogP contribution in [0.1, 0.15) is 19.4 Å². The van der Waals surface area contributed by atoms with Gasteiger partial charge >= 0.3 is 0 Å². The largest absolute Gasteiger partial charge is 0.381 e. The molecular formula is C12H14BrFN2S. The monoisotopic (exact) mass is 316 g/mol. The summed E-state index contributed by atoms with van der Waals surface area (Å²) in [6, 6.07) is 5.12. The summed E-state index contributed by atoms with van der Waals surface area (Å²) in [6.45, 7) is 4.83. The molecule has 0 saturated heterocycles. The molecule has 2 nitrogen and oxygen atoms in total. The van der Waals surface area contributed by atoms with Gasteiger partial charge in [0.15, 0.2) is 5.82 Å². The minimum absolute atomic E-state index is 0.0345. The molecule has 0 spiro atoms. The maximum absolute atomic E-state index is 13.9. The first-order valence-corrected chi connectivity index (χ1v) is 7.10. The standard InChI is InChI=1S/C12H14BrFN2S/c1-12(2,17-3)7-16-9-5-4-8(6-15)10(13)11(9)14/h4-5,16H,7H2,1-3H3. The summed E-state index contributed by atoms with van der Waals surface area (Å²) in [5.74, 6) is -0.416. The predicted molar refractivity (Wildman–Crippen MR) is 74.9 cm³/mol. The maximum atomic E-state index is 13.9. The molecule has 0 aliphatic rings. The summed E-state index contributed by atoms with van der Waals surface area (Å²) >= 11 is 4.80. The second-order valence-corrected chi connectivity index (χ2v) is 6.52. The van der Waals surface area contributed by atoms with E-state index in [1.54, 1.807) is 23.9 Å². The Morgan fingerprint density at radius 3 is 2.71 bits per heavy atom. The third-order valence-corrected chi connectivity index (χ3v) is 4.48. The molecule has 1 rings (SSSR count). The van der Waals surface area contributed by atoms with E-state index in [4.69, 9.17) is 5.26 Å². The number of benzene rings is 1. The summed E-state index contributed by atoms with van der Waals surface area (Å²) < 4.78 is 14.1. The molecule has 0 atom stereocenters. The zero-order valence-corrected chi connectivity index (χ0v) is 12.4. The van der Waals surface area contributed by atoms with E-state index >= 15 is 0 Å². The van der Waals surface area contributed by atoms with Crippen LogP contribution in [0.25, 0.3) is 0 Å². The van der Waals surface area contributed by atoms with Crippen molar-refractivity contribution in [2.24, 2.45) is 0 Å². The molecule has 5 heteroatoms. The number of nitrogens with one attached hydrogen (secondary N) is 1. The molecule has 0 fully saturated rings. The van der Waals surface area contributed by atoms with Gasteiger partial charge in [-0.3, -0.25) is 0 Å². The van der Waals surface area contributed by atoms with Gasteiger partial charge < -0.3 is 5.32 Å². The molecule has 0 unspecified atom stereocenters. The van der Waals surface area contributed by atoms with E-state index in [0.717, 1.165) is 0 Å². The van der Waals surface area contributed by atoms with Crippen molar-refractivity contribution in [1.82, 2.24) is 0 Å². The van der Waals surface area contributed by atoms with E-state index in [1.807, 2.05) is 12.3 Å². The fourth-order valence-electron chi connectivity index (χ4n) is 1.15. The number of hydrogen-bond donors (Lipinski definition) is 1. The second-order valence-electron chi connectivity index (χ2n) is 4.22. The van der Waals surface area contributed by atoms with Gasteiger partial charge in [0.1, 0.15) is 6.07 Å². The Balaban J connectivity index is 2.88. The summed E-state index contributed by atoms with van der Waals surface area (Å²) in [4.78, 5) is 0. The van der Waals surface area contributed by atoms with Gasteiger partial charge in [-0.05, 0) is 48.2 Å². The van der Waals surface area contributed by atoms with E-state index < -0.39 is 5.82 Å². The van der Waals surface area contributed by atoms with Crippen LogP contribution in [0.5, 0.6) is 0 Å². The van der Waals surface area contributed by atoms with Crippen molar-refractivity contribution < 1.29 is 4.39 Å². The molecular weight excluding hydrogens is 303 g/mol. The molecule has 0 heterocycles. The average molecular weight is 317 g/mol. The van der Waals surface area contributed by atoms with E-state index in [9.17, 15) is 4.39 Å². The molecule has 0 aliphatic heterocycles. The Hall–Kier alpha value is -0.730. The van der Waals surface area contributed by atoms with Crippen LogP contribution in [0, 0.1) is 17.1 Å². The number of thioether (sulfide) groups is 1. The molecule has 1 aromatic carbocycles. The smallest absolute Gasteiger partial charge is 0.161 e. The molecule has 1 N–H and O–H groups in total. The number of anilines is 1. The maximum Gasteiger partial charge on any atom is 0.161 e. The lowest BCUT2D eigenvalue weighted by Crippen LogP contribution is -2.26. The van der Waals surface area contributed by atoms with Crippen molar-refractivity contribution in [3.8, 4) is 6.07 Å². The minimum Gasteiger partial charge on any atom is -0.381 e. The minimum atomic E-state index is -0.416. The fourth-order valence-corrected chi connectivity index (χ4v) is 1.80. The molecule has 0 aliphatic carbocycles. The van der Waals surface area contributed by atoms with Crippen LogP contribution in [0.3, 0.4) is 0 Å². The highest BCUT2D eigenvalue weighted by molar-refractivity contribution is 9.10. The first kappa shape index (κ1) is 14.3. The fraction of sp³-hybridized carbons (Fsp3) is 0.417. The first-order valence-electron chi connectivity index (χ1n) is 5.08. The first-order chi connectivity index (χ1) is 7.91. The Labute approximate surface area is 114 Å². The Bertz CT molecular complexity index is 455. The van der Waals surface area contributed by atoms with Crippen LogP contribution in [0.15, 0.2) is 16.6 Å². The molecule has 0 aromatic heterocycles. The number of rotatable bonds is 4. The van der Waals surface area contributed by atoms with E-state index in [2.05, 4.69) is 35.1 Å².